The molecule has 0 amide bonds. The van der Waals surface area contributed by atoms with Crippen molar-refractivity contribution in [3.05, 3.63) is 0 Å². The van der Waals surface area contributed by atoms with Crippen LogP contribution in [-0.2, 0) is 10.4 Å². The number of nitrogens with two attached hydrogens (primary N) is 2. The predicted octanol–water partition coefficient (Wildman–Crippen LogP) is 8.64. The molecule has 0 heterocycles. The zero-order chi connectivity index (χ0) is 26.9. The van der Waals surface area contributed by atoms with Crippen LogP contribution in [0.5, 0.6) is 0 Å². The lowest BCUT2D eigenvalue weighted by Gasteiger charge is -2.01. The minimum Gasteiger partial charge on any atom is -0.330 e. The number of rotatable bonds is 24. The number of unbranched alkanes of at least 4 members (excludes halogenated alkanes) is 22. The molecule has 0 rings (SSSR count). The third kappa shape index (κ3) is 60.3. The molecule has 0 aliphatic carbocycles. The van der Waals surface area contributed by atoms with E-state index in [2.05, 4.69) is 13.8 Å². The summed E-state index contributed by atoms with van der Waals surface area (Å²) in [7, 11) is -4.67. The van der Waals surface area contributed by atoms with E-state index in [0.717, 1.165) is 13.1 Å². The van der Waals surface area contributed by atoms with Gasteiger partial charge < -0.3 is 11.5 Å². The van der Waals surface area contributed by atoms with Gasteiger partial charge >= 0.3 is 10.4 Å². The third-order valence-electron chi connectivity index (χ3n) is 6.12. The lowest BCUT2D eigenvalue weighted by atomic mass is 10.1. The quantitative estimate of drug-likeness (QED) is 0.0739. The van der Waals surface area contributed by atoms with Crippen molar-refractivity contribution in [3.63, 3.8) is 0 Å². The van der Waals surface area contributed by atoms with E-state index in [1.54, 1.807) is 0 Å². The van der Waals surface area contributed by atoms with Gasteiger partial charge in [-0.2, -0.15) is 8.42 Å². The average molecular weight is 525 g/mol. The van der Waals surface area contributed by atoms with Crippen LogP contribution in [-0.4, -0.2) is 30.6 Å². The Morgan fingerprint density at radius 1 is 0.400 bits per heavy atom. The van der Waals surface area contributed by atoms with Crippen LogP contribution < -0.4 is 11.5 Å². The van der Waals surface area contributed by atoms with Crippen molar-refractivity contribution >= 4 is 10.4 Å². The molecule has 0 atom stereocenters. The Morgan fingerprint density at radius 3 is 0.686 bits per heavy atom. The highest BCUT2D eigenvalue weighted by molar-refractivity contribution is 7.79. The average Bonchev–Trinajstić information content (AvgIpc) is 2.80. The van der Waals surface area contributed by atoms with Gasteiger partial charge in [0.05, 0.1) is 0 Å². The van der Waals surface area contributed by atoms with Gasteiger partial charge in [-0.1, -0.05) is 155 Å². The Hall–Kier alpha value is -0.210. The largest absolute Gasteiger partial charge is 0.394 e. The summed E-state index contributed by atoms with van der Waals surface area (Å²) in [5.74, 6) is 0. The minimum atomic E-state index is -4.67. The van der Waals surface area contributed by atoms with Gasteiger partial charge in [0, 0.05) is 0 Å². The molecule has 6 nitrogen and oxygen atoms in total. The van der Waals surface area contributed by atoms with Crippen molar-refractivity contribution in [2.45, 2.75) is 168 Å². The van der Waals surface area contributed by atoms with Gasteiger partial charge in [-0.3, -0.25) is 9.11 Å². The summed E-state index contributed by atoms with van der Waals surface area (Å²) in [5, 5.41) is 0. The molecule has 0 aliphatic heterocycles. The molecule has 7 heteroatoms. The molecule has 0 spiro atoms. The van der Waals surface area contributed by atoms with E-state index in [4.69, 9.17) is 29.0 Å². The first-order valence-corrected chi connectivity index (χ1v) is 16.3. The second kappa shape index (κ2) is 35.9. The smallest absolute Gasteiger partial charge is 0.330 e. The molecule has 0 saturated carbocycles. The van der Waals surface area contributed by atoms with Crippen LogP contribution in [0.4, 0.5) is 0 Å². The summed E-state index contributed by atoms with van der Waals surface area (Å²) in [5.41, 5.74) is 10.9. The molecule has 6 N–H and O–H groups in total. The highest BCUT2D eigenvalue weighted by atomic mass is 32.3. The van der Waals surface area contributed by atoms with Gasteiger partial charge in [0.1, 0.15) is 0 Å². The summed E-state index contributed by atoms with van der Waals surface area (Å²) < 4.78 is 31.6. The van der Waals surface area contributed by atoms with Crippen molar-refractivity contribution in [1.29, 1.82) is 0 Å². The normalized spacial score (nSPS) is 10.9. The fourth-order valence-electron chi connectivity index (χ4n) is 3.97. The summed E-state index contributed by atoms with van der Waals surface area (Å²) in [6, 6.07) is 0. The number of hydrogen-bond donors (Lipinski definition) is 4. The molecule has 0 aliphatic rings. The lowest BCUT2D eigenvalue weighted by molar-refractivity contribution is 0.381. The summed E-state index contributed by atoms with van der Waals surface area (Å²) in [4.78, 5) is 0. The maximum Gasteiger partial charge on any atom is 0.394 e. The number of hydrogen-bond acceptors (Lipinski definition) is 4. The van der Waals surface area contributed by atoms with Crippen molar-refractivity contribution < 1.29 is 17.5 Å². The summed E-state index contributed by atoms with van der Waals surface area (Å²) >= 11 is 0. The minimum absolute atomic E-state index is 0.872. The first kappa shape index (κ1) is 39.3. The molecule has 216 valence electrons. The highest BCUT2D eigenvalue weighted by Crippen LogP contribution is 2.12. The van der Waals surface area contributed by atoms with E-state index in [1.165, 1.54) is 154 Å². The molecule has 0 bridgehead atoms. The van der Waals surface area contributed by atoms with Gasteiger partial charge in [-0.25, -0.2) is 0 Å². The summed E-state index contributed by atoms with van der Waals surface area (Å²) in [6.07, 6.45) is 33.8. The first-order chi connectivity index (χ1) is 16.8. The molecule has 0 aromatic rings. The van der Waals surface area contributed by atoms with Crippen LogP contribution in [0, 0.1) is 0 Å². The fourth-order valence-corrected chi connectivity index (χ4v) is 3.97. The molecule has 0 aromatic carbocycles. The van der Waals surface area contributed by atoms with E-state index in [0.29, 0.717) is 0 Å². The van der Waals surface area contributed by atoms with Gasteiger partial charge in [0.2, 0.25) is 0 Å². The maximum absolute atomic E-state index is 8.74. The second-order valence-electron chi connectivity index (χ2n) is 9.80. The van der Waals surface area contributed by atoms with Gasteiger partial charge in [0.25, 0.3) is 0 Å². The fraction of sp³-hybridized carbons (Fsp3) is 1.00. The third-order valence-corrected chi connectivity index (χ3v) is 6.12. The Balaban J connectivity index is -0.000000491. The Morgan fingerprint density at radius 2 is 0.543 bits per heavy atom. The molecule has 35 heavy (non-hydrogen) atoms. The van der Waals surface area contributed by atoms with Crippen LogP contribution in [0.15, 0.2) is 0 Å². The molecule has 0 saturated heterocycles. The van der Waals surface area contributed by atoms with E-state index in [9.17, 15) is 0 Å². The zero-order valence-corrected chi connectivity index (χ0v) is 24.5. The topological polar surface area (TPSA) is 127 Å². The summed E-state index contributed by atoms with van der Waals surface area (Å²) in [6.45, 7) is 6.30. The van der Waals surface area contributed by atoms with Gasteiger partial charge in [-0.05, 0) is 25.9 Å². The monoisotopic (exact) mass is 524 g/mol. The van der Waals surface area contributed by atoms with Crippen LogP contribution in [0.25, 0.3) is 0 Å². The SMILES string of the molecule is CCCCCCCCCCCCCCN.CCCCCCCCCCCCCCN.O=S(=O)(O)O. The van der Waals surface area contributed by atoms with Crippen LogP contribution >= 0.6 is 0 Å². The van der Waals surface area contributed by atoms with E-state index < -0.39 is 10.4 Å². The van der Waals surface area contributed by atoms with Crippen molar-refractivity contribution in [2.75, 3.05) is 13.1 Å². The molecule has 0 fully saturated rings. The standard InChI is InChI=1S/2C14H31N.H2O4S/c2*1-2-3-4-5-6-7-8-9-10-11-12-13-14-15;1-5(2,3)4/h2*2-15H2,1H3;(H2,1,2,3,4). The van der Waals surface area contributed by atoms with E-state index >= 15 is 0 Å². The molecular formula is C28H64N2O4S. The first-order valence-electron chi connectivity index (χ1n) is 14.9. The van der Waals surface area contributed by atoms with Crippen molar-refractivity contribution in [3.8, 4) is 0 Å². The van der Waals surface area contributed by atoms with Crippen molar-refractivity contribution in [1.82, 2.24) is 0 Å². The Labute approximate surface area is 220 Å². The van der Waals surface area contributed by atoms with Gasteiger partial charge in [0.15, 0.2) is 0 Å². The lowest BCUT2D eigenvalue weighted by Crippen LogP contribution is -1.97. The second-order valence-corrected chi connectivity index (χ2v) is 10.7. The van der Waals surface area contributed by atoms with Crippen LogP contribution in [0.3, 0.4) is 0 Å². The molecule has 0 radical (unpaired) electrons. The molecule has 0 aromatic heterocycles. The Bertz CT molecular complexity index is 390. The van der Waals surface area contributed by atoms with Gasteiger partial charge in [-0.15, -0.1) is 0 Å². The van der Waals surface area contributed by atoms with E-state index in [1.807, 2.05) is 0 Å². The van der Waals surface area contributed by atoms with E-state index in [-0.39, 0.29) is 0 Å². The zero-order valence-electron chi connectivity index (χ0n) is 23.7. The maximum atomic E-state index is 8.74. The molecular weight excluding hydrogens is 460 g/mol. The van der Waals surface area contributed by atoms with Crippen LogP contribution in [0.1, 0.15) is 168 Å². The van der Waals surface area contributed by atoms with Crippen molar-refractivity contribution in [2.24, 2.45) is 11.5 Å². The predicted molar refractivity (Wildman–Crippen MR) is 154 cm³/mol. The highest BCUT2D eigenvalue weighted by Gasteiger charge is 1.93. The Kier molecular flexibility index (Phi) is 40.4. The molecule has 0 unspecified atom stereocenters. The van der Waals surface area contributed by atoms with Crippen LogP contribution in [0.2, 0.25) is 0 Å².